The van der Waals surface area contributed by atoms with Crippen molar-refractivity contribution in [3.05, 3.63) is 95.4 Å². The first-order valence-corrected chi connectivity index (χ1v) is 10.5. The fraction of sp³-hybridized carbons (Fsp3) is 0.200. The van der Waals surface area contributed by atoms with Gasteiger partial charge in [-0.25, -0.2) is 4.68 Å². The van der Waals surface area contributed by atoms with Crippen LogP contribution < -0.4 is 4.74 Å². The molecule has 156 valence electrons. The van der Waals surface area contributed by atoms with Gasteiger partial charge in [0.05, 0.1) is 36.6 Å². The van der Waals surface area contributed by atoms with Crippen LogP contribution in [0.2, 0.25) is 0 Å². The summed E-state index contributed by atoms with van der Waals surface area (Å²) in [5.41, 5.74) is 4.77. The Labute approximate surface area is 181 Å². The van der Waals surface area contributed by atoms with Gasteiger partial charge in [-0.15, -0.1) is 0 Å². The smallest absolute Gasteiger partial charge is 0.258 e. The fourth-order valence-electron chi connectivity index (χ4n) is 4.12. The molecule has 0 atom stereocenters. The molecule has 0 saturated heterocycles. The molecule has 0 saturated carbocycles. The first-order chi connectivity index (χ1) is 15.2. The van der Waals surface area contributed by atoms with Crippen LogP contribution >= 0.6 is 0 Å². The van der Waals surface area contributed by atoms with Crippen LogP contribution in [0.25, 0.3) is 11.5 Å². The average Bonchev–Trinajstić information content (AvgIpc) is 3.50. The Morgan fingerprint density at radius 3 is 2.61 bits per heavy atom. The number of aromatic nitrogens is 3. The molecule has 2 aromatic heterocycles. The number of nitrogens with zero attached hydrogens (tertiary/aromatic N) is 4. The van der Waals surface area contributed by atoms with Crippen molar-refractivity contribution < 1.29 is 9.53 Å². The maximum absolute atomic E-state index is 13.3. The number of fused-ring (bicyclic) bond motifs is 1. The van der Waals surface area contributed by atoms with Gasteiger partial charge in [-0.3, -0.25) is 4.79 Å². The van der Waals surface area contributed by atoms with Crippen LogP contribution in [0.15, 0.2) is 73.1 Å². The number of hydrogen-bond donors (Lipinski definition) is 0. The van der Waals surface area contributed by atoms with E-state index in [0.717, 1.165) is 22.8 Å². The third kappa shape index (κ3) is 3.40. The molecule has 5 rings (SSSR count). The van der Waals surface area contributed by atoms with Gasteiger partial charge in [0.25, 0.3) is 5.91 Å². The largest absolute Gasteiger partial charge is 0.493 e. The molecule has 0 spiro atoms. The normalized spacial score (nSPS) is 12.8. The number of benzene rings is 2. The molecule has 1 aliphatic rings. The number of carbonyl (C=O) groups excluding carboxylic acids is 1. The van der Waals surface area contributed by atoms with E-state index in [2.05, 4.69) is 29.7 Å². The van der Waals surface area contributed by atoms with E-state index in [9.17, 15) is 4.79 Å². The highest BCUT2D eigenvalue weighted by Gasteiger charge is 2.32. The maximum Gasteiger partial charge on any atom is 0.258 e. The molecular weight excluding hydrogens is 388 g/mol. The van der Waals surface area contributed by atoms with Crippen molar-refractivity contribution in [2.45, 2.75) is 26.9 Å². The molecule has 3 heterocycles. The zero-order valence-electron chi connectivity index (χ0n) is 17.7. The van der Waals surface area contributed by atoms with Gasteiger partial charge in [0, 0.05) is 18.0 Å². The summed E-state index contributed by atoms with van der Waals surface area (Å²) in [6.45, 7) is 5.50. The summed E-state index contributed by atoms with van der Waals surface area (Å²) in [5.74, 6) is 1.55. The van der Waals surface area contributed by atoms with Gasteiger partial charge in [0.1, 0.15) is 11.6 Å². The lowest BCUT2D eigenvalue weighted by molar-refractivity contribution is 0.0745. The van der Waals surface area contributed by atoms with Gasteiger partial charge in [-0.1, -0.05) is 24.3 Å². The number of ether oxygens (including phenoxy) is 1. The molecule has 1 aliphatic heterocycles. The Balaban J connectivity index is 1.53. The lowest BCUT2D eigenvalue weighted by atomic mass is 10.1. The number of rotatable bonds is 5. The minimum Gasteiger partial charge on any atom is -0.493 e. The van der Waals surface area contributed by atoms with Crippen LogP contribution in [-0.2, 0) is 13.1 Å². The summed E-state index contributed by atoms with van der Waals surface area (Å²) in [4.78, 5) is 15.1. The standard InChI is InChI=1S/C25H24N4O2/c1-3-31-23-12-5-4-11-20(23)25(30)28-16-21-22(17-28)26-29(19-10-8-9-18(2)15-19)24(21)27-13-6-7-14-27/h4-15H,3,16-17H2,1-2H3. The van der Waals surface area contributed by atoms with E-state index < -0.39 is 0 Å². The SMILES string of the molecule is CCOc1ccccc1C(=O)N1Cc2nn(-c3cccc(C)c3)c(-n3cccc3)c2C1. The van der Waals surface area contributed by atoms with Crippen molar-refractivity contribution >= 4 is 5.91 Å². The van der Waals surface area contributed by atoms with Crippen LogP contribution in [0.4, 0.5) is 0 Å². The highest BCUT2D eigenvalue weighted by Crippen LogP contribution is 2.32. The summed E-state index contributed by atoms with van der Waals surface area (Å²) < 4.78 is 9.72. The molecule has 0 unspecified atom stereocenters. The van der Waals surface area contributed by atoms with E-state index in [1.807, 2.05) is 71.4 Å². The van der Waals surface area contributed by atoms with Crippen LogP contribution in [0.5, 0.6) is 5.75 Å². The lowest BCUT2D eigenvalue weighted by Gasteiger charge is -2.19. The molecule has 6 heteroatoms. The Bertz CT molecular complexity index is 1240. The number of amides is 1. The molecule has 0 radical (unpaired) electrons. The third-order valence-corrected chi connectivity index (χ3v) is 5.53. The van der Waals surface area contributed by atoms with Crippen molar-refractivity contribution in [3.8, 4) is 17.3 Å². The van der Waals surface area contributed by atoms with E-state index >= 15 is 0 Å². The first-order valence-electron chi connectivity index (χ1n) is 10.5. The number of para-hydroxylation sites is 1. The Morgan fingerprint density at radius 2 is 1.84 bits per heavy atom. The van der Waals surface area contributed by atoms with Crippen molar-refractivity contribution in [1.82, 2.24) is 19.2 Å². The predicted octanol–water partition coefficient (Wildman–Crippen LogP) is 4.53. The van der Waals surface area contributed by atoms with Crippen molar-refractivity contribution in [2.24, 2.45) is 0 Å². The zero-order chi connectivity index (χ0) is 21.4. The first kappa shape index (κ1) is 19.2. The molecule has 0 fully saturated rings. The second-order valence-corrected chi connectivity index (χ2v) is 7.68. The van der Waals surface area contributed by atoms with Gasteiger partial charge in [0.2, 0.25) is 0 Å². The minimum absolute atomic E-state index is 0.0392. The molecule has 2 aromatic carbocycles. The van der Waals surface area contributed by atoms with Gasteiger partial charge in [-0.2, -0.15) is 5.10 Å². The highest BCUT2D eigenvalue weighted by molar-refractivity contribution is 5.97. The van der Waals surface area contributed by atoms with Crippen molar-refractivity contribution in [1.29, 1.82) is 0 Å². The summed E-state index contributed by atoms with van der Waals surface area (Å²) in [5, 5.41) is 4.91. The summed E-state index contributed by atoms with van der Waals surface area (Å²) in [7, 11) is 0. The number of hydrogen-bond acceptors (Lipinski definition) is 3. The third-order valence-electron chi connectivity index (χ3n) is 5.53. The van der Waals surface area contributed by atoms with E-state index in [1.54, 1.807) is 0 Å². The van der Waals surface area contributed by atoms with Gasteiger partial charge >= 0.3 is 0 Å². The summed E-state index contributed by atoms with van der Waals surface area (Å²) in [6, 6.07) is 19.7. The molecule has 0 bridgehead atoms. The number of aryl methyl sites for hydroxylation is 1. The van der Waals surface area contributed by atoms with Crippen LogP contribution in [-0.4, -0.2) is 31.8 Å². The Hall–Kier alpha value is -3.80. The minimum atomic E-state index is -0.0392. The lowest BCUT2D eigenvalue weighted by Crippen LogP contribution is -2.27. The van der Waals surface area contributed by atoms with E-state index in [-0.39, 0.29) is 5.91 Å². The van der Waals surface area contributed by atoms with E-state index in [1.165, 1.54) is 5.56 Å². The average molecular weight is 412 g/mol. The van der Waals surface area contributed by atoms with Crippen LogP contribution in [0, 0.1) is 6.92 Å². The molecule has 1 amide bonds. The summed E-state index contributed by atoms with van der Waals surface area (Å²) in [6.07, 6.45) is 4.02. The molecule has 6 nitrogen and oxygen atoms in total. The Morgan fingerprint density at radius 1 is 1.03 bits per heavy atom. The van der Waals surface area contributed by atoms with E-state index in [0.29, 0.717) is 31.0 Å². The molecular formula is C25H24N4O2. The van der Waals surface area contributed by atoms with Crippen molar-refractivity contribution in [3.63, 3.8) is 0 Å². The second-order valence-electron chi connectivity index (χ2n) is 7.68. The predicted molar refractivity (Wildman–Crippen MR) is 119 cm³/mol. The van der Waals surface area contributed by atoms with Crippen molar-refractivity contribution in [2.75, 3.05) is 6.61 Å². The highest BCUT2D eigenvalue weighted by atomic mass is 16.5. The van der Waals surface area contributed by atoms with Gasteiger partial charge < -0.3 is 14.2 Å². The van der Waals surface area contributed by atoms with Crippen LogP contribution in [0.1, 0.15) is 34.1 Å². The maximum atomic E-state index is 13.3. The van der Waals surface area contributed by atoms with Gasteiger partial charge in [-0.05, 0) is 55.8 Å². The zero-order valence-corrected chi connectivity index (χ0v) is 17.7. The molecule has 4 aromatic rings. The topological polar surface area (TPSA) is 52.3 Å². The molecule has 0 N–H and O–H groups in total. The molecule has 31 heavy (non-hydrogen) atoms. The van der Waals surface area contributed by atoms with E-state index in [4.69, 9.17) is 9.84 Å². The fourth-order valence-corrected chi connectivity index (χ4v) is 4.12. The molecule has 0 aliphatic carbocycles. The summed E-state index contributed by atoms with van der Waals surface area (Å²) >= 11 is 0. The monoisotopic (exact) mass is 412 g/mol. The van der Waals surface area contributed by atoms with Gasteiger partial charge in [0.15, 0.2) is 0 Å². The quantitative estimate of drug-likeness (QED) is 0.484. The Kier molecular flexibility index (Phi) is 4.82. The van der Waals surface area contributed by atoms with Crippen LogP contribution in [0.3, 0.4) is 0 Å². The number of carbonyl (C=O) groups is 1. The second kappa shape index (κ2) is 7.80.